The van der Waals surface area contributed by atoms with Gasteiger partial charge >= 0.3 is 0 Å². The molecular formula is C15H21N3O. The van der Waals surface area contributed by atoms with Gasteiger partial charge in [-0.2, -0.15) is 5.10 Å². The molecule has 1 unspecified atom stereocenters. The third kappa shape index (κ3) is 3.35. The number of rotatable bonds is 6. The third-order valence-corrected chi connectivity index (χ3v) is 3.46. The number of nitrogens with one attached hydrogen (secondary N) is 1. The van der Waals surface area contributed by atoms with Crippen LogP contribution in [0.5, 0.6) is 5.75 Å². The summed E-state index contributed by atoms with van der Waals surface area (Å²) in [4.78, 5) is 0. The number of hydrogen-bond acceptors (Lipinski definition) is 3. The summed E-state index contributed by atoms with van der Waals surface area (Å²) in [7, 11) is 5.67. The molecule has 1 N–H and O–H groups in total. The quantitative estimate of drug-likeness (QED) is 0.865. The van der Waals surface area contributed by atoms with Crippen LogP contribution < -0.4 is 10.1 Å². The highest BCUT2D eigenvalue weighted by molar-refractivity contribution is 5.30. The number of benzene rings is 1. The second-order valence-corrected chi connectivity index (χ2v) is 4.60. The first-order chi connectivity index (χ1) is 9.24. The number of methoxy groups -OCH3 is 1. The van der Waals surface area contributed by atoms with Crippen LogP contribution in [0.1, 0.15) is 23.7 Å². The second kappa shape index (κ2) is 6.38. The van der Waals surface area contributed by atoms with E-state index in [1.54, 1.807) is 7.11 Å². The lowest BCUT2D eigenvalue weighted by molar-refractivity contribution is 0.413. The van der Waals surface area contributed by atoms with Crippen LogP contribution >= 0.6 is 0 Å². The first-order valence-electron chi connectivity index (χ1n) is 6.52. The van der Waals surface area contributed by atoms with Gasteiger partial charge in [-0.25, -0.2) is 0 Å². The lowest BCUT2D eigenvalue weighted by Crippen LogP contribution is -2.17. The van der Waals surface area contributed by atoms with Crippen molar-refractivity contribution in [3.63, 3.8) is 0 Å². The maximum atomic E-state index is 5.28. The van der Waals surface area contributed by atoms with Crippen LogP contribution in [0.4, 0.5) is 0 Å². The molecule has 1 aromatic heterocycles. The zero-order valence-electron chi connectivity index (χ0n) is 11.8. The van der Waals surface area contributed by atoms with Gasteiger partial charge in [0.1, 0.15) is 5.75 Å². The smallest absolute Gasteiger partial charge is 0.119 e. The molecule has 0 aliphatic rings. The molecule has 0 aliphatic heterocycles. The van der Waals surface area contributed by atoms with Crippen molar-refractivity contribution in [2.45, 2.75) is 18.9 Å². The van der Waals surface area contributed by atoms with Crippen molar-refractivity contribution in [2.24, 2.45) is 7.05 Å². The zero-order valence-corrected chi connectivity index (χ0v) is 11.8. The Balaban J connectivity index is 2.05. The van der Waals surface area contributed by atoms with Crippen LogP contribution in [0.15, 0.2) is 36.5 Å². The molecule has 0 fully saturated rings. The molecule has 2 aromatic rings. The van der Waals surface area contributed by atoms with E-state index < -0.39 is 0 Å². The Bertz CT molecular complexity index is 522. The minimum atomic E-state index is 0.324. The molecule has 1 atom stereocenters. The molecule has 0 aliphatic carbocycles. The van der Waals surface area contributed by atoms with Gasteiger partial charge in [-0.3, -0.25) is 4.68 Å². The topological polar surface area (TPSA) is 39.1 Å². The van der Waals surface area contributed by atoms with Crippen LogP contribution in [0, 0.1) is 0 Å². The molecule has 0 saturated heterocycles. The van der Waals surface area contributed by atoms with Crippen molar-refractivity contribution in [3.8, 4) is 5.75 Å². The van der Waals surface area contributed by atoms with Crippen LogP contribution in [0.25, 0.3) is 0 Å². The fraction of sp³-hybridized carbons (Fsp3) is 0.400. The minimum absolute atomic E-state index is 0.324. The fourth-order valence-electron chi connectivity index (χ4n) is 2.27. The lowest BCUT2D eigenvalue weighted by atomic mass is 10.0. The SMILES string of the molecule is CNC(CCc1ccnn1C)c1cccc(OC)c1. The van der Waals surface area contributed by atoms with Crippen molar-refractivity contribution in [1.82, 2.24) is 15.1 Å². The maximum absolute atomic E-state index is 5.28. The summed E-state index contributed by atoms with van der Waals surface area (Å²) in [6.45, 7) is 0. The molecule has 4 heteroatoms. The normalized spacial score (nSPS) is 12.4. The van der Waals surface area contributed by atoms with Crippen LogP contribution in [0.3, 0.4) is 0 Å². The highest BCUT2D eigenvalue weighted by Gasteiger charge is 2.11. The molecule has 1 aromatic carbocycles. The molecule has 0 saturated carbocycles. The maximum Gasteiger partial charge on any atom is 0.119 e. The Morgan fingerprint density at radius 2 is 2.21 bits per heavy atom. The first-order valence-corrected chi connectivity index (χ1v) is 6.52. The van der Waals surface area contributed by atoms with Gasteiger partial charge in [0.15, 0.2) is 0 Å². The lowest BCUT2D eigenvalue weighted by Gasteiger charge is -2.17. The van der Waals surface area contributed by atoms with E-state index in [-0.39, 0.29) is 0 Å². The number of ether oxygens (including phenoxy) is 1. The largest absolute Gasteiger partial charge is 0.497 e. The van der Waals surface area contributed by atoms with Gasteiger partial charge in [-0.05, 0) is 43.7 Å². The van der Waals surface area contributed by atoms with Crippen molar-refractivity contribution in [3.05, 3.63) is 47.8 Å². The Morgan fingerprint density at radius 1 is 1.37 bits per heavy atom. The molecule has 0 bridgehead atoms. The Hall–Kier alpha value is -1.81. The Labute approximate surface area is 114 Å². The first kappa shape index (κ1) is 13.6. The van der Waals surface area contributed by atoms with E-state index in [0.29, 0.717) is 6.04 Å². The Morgan fingerprint density at radius 3 is 2.84 bits per heavy atom. The Kier molecular flexibility index (Phi) is 4.58. The molecule has 2 rings (SSSR count). The average Bonchev–Trinajstić information content (AvgIpc) is 2.85. The third-order valence-electron chi connectivity index (χ3n) is 3.46. The van der Waals surface area contributed by atoms with Crippen molar-refractivity contribution in [2.75, 3.05) is 14.2 Å². The average molecular weight is 259 g/mol. The molecule has 19 heavy (non-hydrogen) atoms. The summed E-state index contributed by atoms with van der Waals surface area (Å²) in [6.07, 6.45) is 3.87. The minimum Gasteiger partial charge on any atom is -0.497 e. The summed E-state index contributed by atoms with van der Waals surface area (Å²) in [6, 6.07) is 10.6. The monoisotopic (exact) mass is 259 g/mol. The summed E-state index contributed by atoms with van der Waals surface area (Å²) in [5.74, 6) is 0.901. The van der Waals surface area contributed by atoms with Gasteiger partial charge in [-0.1, -0.05) is 12.1 Å². The fourth-order valence-corrected chi connectivity index (χ4v) is 2.27. The summed E-state index contributed by atoms with van der Waals surface area (Å²) >= 11 is 0. The zero-order chi connectivity index (χ0) is 13.7. The van der Waals surface area contributed by atoms with Crippen molar-refractivity contribution < 1.29 is 4.74 Å². The predicted molar refractivity (Wildman–Crippen MR) is 76.3 cm³/mol. The predicted octanol–water partition coefficient (Wildman–Crippen LogP) is 2.32. The number of aryl methyl sites for hydroxylation is 2. The van der Waals surface area contributed by atoms with Gasteiger partial charge in [0.25, 0.3) is 0 Å². The molecule has 102 valence electrons. The van der Waals surface area contributed by atoms with Gasteiger partial charge in [0, 0.05) is 25.0 Å². The van der Waals surface area contributed by atoms with E-state index in [0.717, 1.165) is 18.6 Å². The van der Waals surface area contributed by atoms with Crippen molar-refractivity contribution >= 4 is 0 Å². The van der Waals surface area contributed by atoms with Crippen LogP contribution in [-0.2, 0) is 13.5 Å². The van der Waals surface area contributed by atoms with E-state index in [2.05, 4.69) is 28.6 Å². The standard InChI is InChI=1S/C15H21N3O/c1-16-15(8-7-13-9-10-17-18(13)2)12-5-4-6-14(11-12)19-3/h4-6,9-11,15-16H,7-8H2,1-3H3. The van der Waals surface area contributed by atoms with Gasteiger partial charge in [0.2, 0.25) is 0 Å². The highest BCUT2D eigenvalue weighted by atomic mass is 16.5. The van der Waals surface area contributed by atoms with Gasteiger partial charge < -0.3 is 10.1 Å². The molecular weight excluding hydrogens is 238 g/mol. The number of nitrogens with zero attached hydrogens (tertiary/aromatic N) is 2. The van der Waals surface area contributed by atoms with Crippen LogP contribution in [-0.4, -0.2) is 23.9 Å². The van der Waals surface area contributed by atoms with E-state index in [1.807, 2.05) is 37.1 Å². The molecule has 0 spiro atoms. The van der Waals surface area contributed by atoms with E-state index >= 15 is 0 Å². The highest BCUT2D eigenvalue weighted by Crippen LogP contribution is 2.22. The van der Waals surface area contributed by atoms with Gasteiger partial charge in [0.05, 0.1) is 7.11 Å². The summed E-state index contributed by atoms with van der Waals surface area (Å²) < 4.78 is 7.21. The van der Waals surface area contributed by atoms with Gasteiger partial charge in [-0.15, -0.1) is 0 Å². The molecule has 1 heterocycles. The molecule has 0 amide bonds. The number of hydrogen-bond donors (Lipinski definition) is 1. The summed E-state index contributed by atoms with van der Waals surface area (Å²) in [5.41, 5.74) is 2.51. The van der Waals surface area contributed by atoms with E-state index in [4.69, 9.17) is 4.74 Å². The molecule has 4 nitrogen and oxygen atoms in total. The summed E-state index contributed by atoms with van der Waals surface area (Å²) in [5, 5.41) is 7.56. The second-order valence-electron chi connectivity index (χ2n) is 4.60. The molecule has 0 radical (unpaired) electrons. The van der Waals surface area contributed by atoms with E-state index in [1.165, 1.54) is 11.3 Å². The van der Waals surface area contributed by atoms with Crippen LogP contribution in [0.2, 0.25) is 0 Å². The number of aromatic nitrogens is 2. The van der Waals surface area contributed by atoms with E-state index in [9.17, 15) is 0 Å². The van der Waals surface area contributed by atoms with Crippen molar-refractivity contribution in [1.29, 1.82) is 0 Å².